The van der Waals surface area contributed by atoms with E-state index in [4.69, 9.17) is 4.74 Å². The number of aryl methyl sites for hydroxylation is 1. The molecule has 0 saturated carbocycles. The third-order valence-electron chi connectivity index (χ3n) is 6.38. The van der Waals surface area contributed by atoms with Crippen LogP contribution in [0.15, 0.2) is 54.6 Å². The van der Waals surface area contributed by atoms with E-state index in [-0.39, 0.29) is 17.7 Å². The Morgan fingerprint density at radius 2 is 1.62 bits per heavy atom. The summed E-state index contributed by atoms with van der Waals surface area (Å²) in [6, 6.07) is 15.6. The molecule has 1 aromatic heterocycles. The summed E-state index contributed by atoms with van der Waals surface area (Å²) in [6.45, 7) is 4.50. The summed E-state index contributed by atoms with van der Waals surface area (Å²) in [5.41, 5.74) is 2.71. The SMILES string of the molecule is COC(=O)C1(c2ccccc2)CCN(C(=O)c2c(C)nn(-c3ccc(F)cc3)c2C)CC1. The van der Waals surface area contributed by atoms with Gasteiger partial charge in [0.15, 0.2) is 0 Å². The Balaban J connectivity index is 1.59. The molecule has 3 aromatic rings. The van der Waals surface area contributed by atoms with Gasteiger partial charge in [-0.15, -0.1) is 0 Å². The highest BCUT2D eigenvalue weighted by Crippen LogP contribution is 2.37. The Kier molecular flexibility index (Phi) is 5.82. The van der Waals surface area contributed by atoms with Gasteiger partial charge in [-0.2, -0.15) is 5.10 Å². The number of hydrogen-bond donors (Lipinski definition) is 0. The first-order valence-corrected chi connectivity index (χ1v) is 10.6. The van der Waals surface area contributed by atoms with Gasteiger partial charge in [0.05, 0.1) is 35.2 Å². The number of likely N-dealkylation sites (tertiary alicyclic amines) is 1. The normalized spacial score (nSPS) is 15.4. The van der Waals surface area contributed by atoms with E-state index in [1.54, 1.807) is 28.6 Å². The molecule has 32 heavy (non-hydrogen) atoms. The maximum absolute atomic E-state index is 13.4. The third-order valence-corrected chi connectivity index (χ3v) is 6.38. The fourth-order valence-corrected chi connectivity index (χ4v) is 4.60. The molecule has 7 heteroatoms. The summed E-state index contributed by atoms with van der Waals surface area (Å²) in [4.78, 5) is 28.0. The quantitative estimate of drug-likeness (QED) is 0.582. The summed E-state index contributed by atoms with van der Waals surface area (Å²) in [7, 11) is 1.40. The van der Waals surface area contributed by atoms with Gasteiger partial charge in [-0.25, -0.2) is 9.07 Å². The summed E-state index contributed by atoms with van der Waals surface area (Å²) in [5.74, 6) is -0.709. The minimum absolute atomic E-state index is 0.111. The molecule has 0 bridgehead atoms. The van der Waals surface area contributed by atoms with Crippen molar-refractivity contribution < 1.29 is 18.7 Å². The van der Waals surface area contributed by atoms with Crippen LogP contribution in [0.3, 0.4) is 0 Å². The van der Waals surface area contributed by atoms with Crippen LogP contribution in [0, 0.1) is 19.7 Å². The van der Waals surface area contributed by atoms with Crippen molar-refractivity contribution in [2.24, 2.45) is 0 Å². The number of piperidine rings is 1. The smallest absolute Gasteiger partial charge is 0.316 e. The molecule has 0 aliphatic carbocycles. The highest BCUT2D eigenvalue weighted by molar-refractivity contribution is 5.97. The molecule has 1 amide bonds. The molecule has 6 nitrogen and oxygen atoms in total. The van der Waals surface area contributed by atoms with Crippen LogP contribution in [0.4, 0.5) is 4.39 Å². The molecule has 0 atom stereocenters. The molecular weight excluding hydrogens is 409 g/mol. The number of nitrogens with zero attached hydrogens (tertiary/aromatic N) is 3. The molecule has 2 heterocycles. The van der Waals surface area contributed by atoms with Gasteiger partial charge in [0.1, 0.15) is 5.82 Å². The lowest BCUT2D eigenvalue weighted by Gasteiger charge is -2.40. The maximum atomic E-state index is 13.4. The number of methoxy groups -OCH3 is 1. The molecule has 0 N–H and O–H groups in total. The monoisotopic (exact) mass is 435 g/mol. The van der Waals surface area contributed by atoms with Gasteiger partial charge in [-0.1, -0.05) is 30.3 Å². The average Bonchev–Trinajstić information content (AvgIpc) is 3.12. The predicted octanol–water partition coefficient (Wildman–Crippen LogP) is 3.98. The van der Waals surface area contributed by atoms with E-state index < -0.39 is 5.41 Å². The Morgan fingerprint density at radius 3 is 2.22 bits per heavy atom. The van der Waals surface area contributed by atoms with Crippen LogP contribution in [0.1, 0.15) is 40.2 Å². The molecule has 0 radical (unpaired) electrons. The zero-order chi connectivity index (χ0) is 22.9. The van der Waals surface area contributed by atoms with Crippen LogP contribution in [0.5, 0.6) is 0 Å². The summed E-state index contributed by atoms with van der Waals surface area (Å²) in [5, 5.41) is 4.52. The molecule has 1 fully saturated rings. The maximum Gasteiger partial charge on any atom is 0.316 e. The van der Waals surface area contributed by atoms with E-state index >= 15 is 0 Å². The predicted molar refractivity (Wildman–Crippen MR) is 118 cm³/mol. The van der Waals surface area contributed by atoms with Crippen LogP contribution >= 0.6 is 0 Å². The van der Waals surface area contributed by atoms with Gasteiger partial charge in [0.2, 0.25) is 0 Å². The first-order chi connectivity index (χ1) is 15.4. The number of halogens is 1. The summed E-state index contributed by atoms with van der Waals surface area (Å²) >= 11 is 0. The molecule has 1 saturated heterocycles. The highest BCUT2D eigenvalue weighted by atomic mass is 19.1. The fourth-order valence-electron chi connectivity index (χ4n) is 4.60. The topological polar surface area (TPSA) is 64.4 Å². The number of hydrogen-bond acceptors (Lipinski definition) is 4. The van der Waals surface area contributed by atoms with Gasteiger partial charge < -0.3 is 9.64 Å². The van der Waals surface area contributed by atoms with Gasteiger partial charge >= 0.3 is 5.97 Å². The van der Waals surface area contributed by atoms with Crippen LogP contribution in [0.2, 0.25) is 0 Å². The van der Waals surface area contributed by atoms with Crippen LogP contribution < -0.4 is 0 Å². The number of aromatic nitrogens is 2. The van der Waals surface area contributed by atoms with Crippen molar-refractivity contribution in [1.82, 2.24) is 14.7 Å². The number of amides is 1. The van der Waals surface area contributed by atoms with Crippen molar-refractivity contribution in [3.05, 3.63) is 82.9 Å². The zero-order valence-corrected chi connectivity index (χ0v) is 18.5. The lowest BCUT2D eigenvalue weighted by molar-refractivity contribution is -0.149. The molecule has 4 rings (SSSR count). The molecule has 1 aliphatic heterocycles. The largest absolute Gasteiger partial charge is 0.468 e. The molecular formula is C25H26FN3O3. The summed E-state index contributed by atoms with van der Waals surface area (Å²) in [6.07, 6.45) is 0.971. The molecule has 0 spiro atoms. The van der Waals surface area contributed by atoms with E-state index in [9.17, 15) is 14.0 Å². The second kappa shape index (κ2) is 8.57. The number of carbonyl (C=O) groups is 2. The van der Waals surface area contributed by atoms with Gasteiger partial charge in [-0.05, 0) is 56.5 Å². The Morgan fingerprint density at radius 1 is 1.00 bits per heavy atom. The second-order valence-corrected chi connectivity index (χ2v) is 8.17. The molecule has 1 aliphatic rings. The lowest BCUT2D eigenvalue weighted by atomic mass is 9.72. The molecule has 0 unspecified atom stereocenters. The Labute approximate surface area is 186 Å². The van der Waals surface area contributed by atoms with Crippen LogP contribution in [-0.2, 0) is 14.9 Å². The van der Waals surface area contributed by atoms with Crippen molar-refractivity contribution in [2.45, 2.75) is 32.1 Å². The van der Waals surface area contributed by atoms with Crippen LogP contribution in [-0.4, -0.2) is 46.8 Å². The number of benzene rings is 2. The minimum Gasteiger partial charge on any atom is -0.468 e. The third kappa shape index (κ3) is 3.68. The number of esters is 1. The fraction of sp³-hybridized carbons (Fsp3) is 0.320. The van der Waals surface area contributed by atoms with Gasteiger partial charge in [-0.3, -0.25) is 9.59 Å². The van der Waals surface area contributed by atoms with Crippen molar-refractivity contribution in [2.75, 3.05) is 20.2 Å². The van der Waals surface area contributed by atoms with Gasteiger partial charge in [0.25, 0.3) is 5.91 Å². The highest BCUT2D eigenvalue weighted by Gasteiger charge is 2.45. The van der Waals surface area contributed by atoms with Crippen molar-refractivity contribution >= 4 is 11.9 Å². The number of rotatable bonds is 4. The zero-order valence-electron chi connectivity index (χ0n) is 18.5. The lowest BCUT2D eigenvalue weighted by Crippen LogP contribution is -2.49. The van der Waals surface area contributed by atoms with E-state index in [1.807, 2.05) is 37.3 Å². The van der Waals surface area contributed by atoms with E-state index in [2.05, 4.69) is 5.10 Å². The minimum atomic E-state index is -0.755. The van der Waals surface area contributed by atoms with Crippen LogP contribution in [0.25, 0.3) is 5.69 Å². The molecule has 2 aromatic carbocycles. The van der Waals surface area contributed by atoms with Gasteiger partial charge in [0, 0.05) is 13.1 Å². The first-order valence-electron chi connectivity index (χ1n) is 10.6. The number of carbonyl (C=O) groups excluding carboxylic acids is 2. The van der Waals surface area contributed by atoms with E-state index in [0.717, 1.165) is 5.56 Å². The Hall–Kier alpha value is -3.48. The first kappa shape index (κ1) is 21.7. The van der Waals surface area contributed by atoms with Crippen molar-refractivity contribution in [1.29, 1.82) is 0 Å². The second-order valence-electron chi connectivity index (χ2n) is 8.17. The summed E-state index contributed by atoms with van der Waals surface area (Å²) < 4.78 is 20.1. The van der Waals surface area contributed by atoms with E-state index in [0.29, 0.717) is 48.6 Å². The number of ether oxygens (including phenoxy) is 1. The van der Waals surface area contributed by atoms with Crippen molar-refractivity contribution in [3.8, 4) is 5.69 Å². The van der Waals surface area contributed by atoms with Crippen molar-refractivity contribution in [3.63, 3.8) is 0 Å². The average molecular weight is 435 g/mol. The standard InChI is InChI=1S/C25H26FN3O3/c1-17-22(18(2)29(27-17)21-11-9-20(26)10-12-21)23(30)28-15-13-25(14-16-28,24(31)32-3)19-7-5-4-6-8-19/h4-12H,13-16H2,1-3H3. The van der Waals surface area contributed by atoms with E-state index in [1.165, 1.54) is 19.2 Å². The Bertz CT molecular complexity index is 1130. The molecule has 166 valence electrons.